The predicted molar refractivity (Wildman–Crippen MR) is 21.3 cm³/mol. The van der Waals surface area contributed by atoms with E-state index < -0.39 is 11.0 Å². The minimum Gasteiger partial charge on any atom is -0.473 e. The molecule has 0 unspecified atom stereocenters. The van der Waals surface area contributed by atoms with Gasteiger partial charge in [-0.2, -0.15) is 0 Å². The molecule has 7 heavy (non-hydrogen) atoms. The molecule has 0 aromatic carbocycles. The van der Waals surface area contributed by atoms with Crippen LogP contribution in [0.5, 0.6) is 0 Å². The van der Waals surface area contributed by atoms with E-state index in [4.69, 9.17) is 22.9 Å². The topological polar surface area (TPSA) is 91.7 Å². The predicted octanol–water partition coefficient (Wildman–Crippen LogP) is -1.32. The molecule has 0 spiro atoms. The molecule has 0 saturated heterocycles. The van der Waals surface area contributed by atoms with Crippen molar-refractivity contribution < 1.29 is 22.9 Å². The summed E-state index contributed by atoms with van der Waals surface area (Å²) in [7, 11) is -3.12. The molecular formula is CH3O5S. The normalized spacial score (nSPS) is 6.57. The highest BCUT2D eigenvalue weighted by molar-refractivity contribution is 7.66. The lowest BCUT2D eigenvalue weighted by atomic mass is 11.7. The van der Waals surface area contributed by atoms with Gasteiger partial charge in [0, 0.05) is 0 Å². The van der Waals surface area contributed by atoms with Crippen LogP contribution in [0, 0.1) is 0 Å². The molecular weight excluding hydrogens is 124 g/mol. The second-order valence-electron chi connectivity index (χ2n) is 0.329. The third-order valence-electron chi connectivity index (χ3n) is 0. The van der Waals surface area contributed by atoms with Gasteiger partial charge in [0.2, 0.25) is 0 Å². The monoisotopic (exact) mass is 127 g/mol. The maximum absolute atomic E-state index is 8.59. The summed E-state index contributed by atoms with van der Waals surface area (Å²) in [6, 6.07) is 0. The summed E-state index contributed by atoms with van der Waals surface area (Å²) in [6.07, 6.45) is 0. The Kier molecular flexibility index (Phi) is 12.4. The molecule has 0 amide bonds. The molecule has 6 heteroatoms. The fourth-order valence-electron chi connectivity index (χ4n) is 0. The van der Waals surface area contributed by atoms with Gasteiger partial charge >= 0.3 is 6.47 Å². The Morgan fingerprint density at radius 2 is 1.43 bits per heavy atom. The highest BCUT2D eigenvalue weighted by Crippen LogP contribution is 1.27. The van der Waals surface area contributed by atoms with Gasteiger partial charge in [-0.1, -0.05) is 0 Å². The Bertz CT molecular complexity index is 84.3. The quantitative estimate of drug-likeness (QED) is 0.277. The fourth-order valence-corrected chi connectivity index (χ4v) is 0. The Labute approximate surface area is 41.4 Å². The third kappa shape index (κ3) is 160. The van der Waals surface area contributed by atoms with E-state index in [1.54, 1.807) is 0 Å². The molecule has 0 aliphatic carbocycles. The van der Waals surface area contributed by atoms with E-state index in [1.807, 2.05) is 0 Å². The summed E-state index contributed by atoms with van der Waals surface area (Å²) in [6.45, 7) is 0.500. The first-order valence-corrected chi connectivity index (χ1v) is 2.12. The SMILES string of the molecule is O=[C]O.O=[SH](=O)O. The van der Waals surface area contributed by atoms with E-state index in [-0.39, 0.29) is 0 Å². The lowest BCUT2D eigenvalue weighted by Crippen LogP contribution is -1.58. The van der Waals surface area contributed by atoms with Crippen molar-refractivity contribution in [2.45, 2.75) is 0 Å². The zero-order valence-electron chi connectivity index (χ0n) is 3.07. The first-order valence-electron chi connectivity index (χ1n) is 0.993. The van der Waals surface area contributed by atoms with E-state index in [0.29, 0.717) is 6.47 Å². The standard InChI is InChI=1S/CHO2.H2O3S/c2-1-3;1-4(2)3/h(H,2,3);4H,(H,1,2,3). The van der Waals surface area contributed by atoms with Crippen LogP contribution in [0.25, 0.3) is 0 Å². The largest absolute Gasteiger partial charge is 0.473 e. The van der Waals surface area contributed by atoms with Crippen molar-refractivity contribution >= 4 is 17.5 Å². The second-order valence-corrected chi connectivity index (χ2v) is 0.805. The summed E-state index contributed by atoms with van der Waals surface area (Å²) < 4.78 is 24.2. The van der Waals surface area contributed by atoms with Crippen molar-refractivity contribution in [2.75, 3.05) is 0 Å². The van der Waals surface area contributed by atoms with Gasteiger partial charge < -0.3 is 5.11 Å². The molecule has 0 saturated carbocycles. The number of hydrogen-bond acceptors (Lipinski definition) is 3. The third-order valence-corrected chi connectivity index (χ3v) is 0. The zero-order chi connectivity index (χ0) is 6.28. The maximum atomic E-state index is 8.59. The smallest absolute Gasteiger partial charge is 0.414 e. The minimum absolute atomic E-state index is 0.500. The molecule has 0 aromatic rings. The number of hydrogen-bond donors (Lipinski definition) is 3. The zero-order valence-corrected chi connectivity index (χ0v) is 3.96. The summed E-state index contributed by atoms with van der Waals surface area (Å²) in [4.78, 5) is 8.24. The first-order chi connectivity index (χ1) is 3.15. The van der Waals surface area contributed by atoms with Gasteiger partial charge in [0.25, 0.3) is 11.0 Å². The Hall–Kier alpha value is -0.620. The van der Waals surface area contributed by atoms with Crippen LogP contribution < -0.4 is 0 Å². The molecule has 0 aliphatic rings. The number of rotatable bonds is 0. The van der Waals surface area contributed by atoms with Crippen LogP contribution >= 0.6 is 0 Å². The van der Waals surface area contributed by atoms with Crippen LogP contribution in [0.3, 0.4) is 0 Å². The molecule has 1 radical (unpaired) electrons. The fraction of sp³-hybridized carbons (Fsp3) is 0. The van der Waals surface area contributed by atoms with Crippen LogP contribution in [0.2, 0.25) is 0 Å². The average Bonchev–Trinajstić information content (AvgIpc) is 1.33. The summed E-state index contributed by atoms with van der Waals surface area (Å²) in [5, 5.41) is 6.76. The van der Waals surface area contributed by atoms with Gasteiger partial charge in [0.1, 0.15) is 0 Å². The Morgan fingerprint density at radius 1 is 1.43 bits per heavy atom. The lowest BCUT2D eigenvalue weighted by molar-refractivity contribution is 0.437. The second kappa shape index (κ2) is 9.03. The molecule has 0 heterocycles. The summed E-state index contributed by atoms with van der Waals surface area (Å²) in [5.74, 6) is 0. The highest BCUT2D eigenvalue weighted by atomic mass is 32.2. The van der Waals surface area contributed by atoms with Crippen molar-refractivity contribution in [3.05, 3.63) is 0 Å². The van der Waals surface area contributed by atoms with E-state index >= 15 is 0 Å². The Morgan fingerprint density at radius 3 is 1.43 bits per heavy atom. The minimum atomic E-state index is -3.12. The van der Waals surface area contributed by atoms with Crippen LogP contribution in [-0.2, 0) is 15.8 Å². The average molecular weight is 127 g/mol. The van der Waals surface area contributed by atoms with Gasteiger partial charge in [-0.3, -0.25) is 4.55 Å². The van der Waals surface area contributed by atoms with Crippen LogP contribution in [-0.4, -0.2) is 24.5 Å². The van der Waals surface area contributed by atoms with Crippen LogP contribution in [0.15, 0.2) is 0 Å². The number of thiol groups is 1. The van der Waals surface area contributed by atoms with Crippen molar-refractivity contribution in [2.24, 2.45) is 0 Å². The van der Waals surface area contributed by atoms with Crippen LogP contribution in [0.1, 0.15) is 0 Å². The van der Waals surface area contributed by atoms with E-state index in [1.165, 1.54) is 0 Å². The van der Waals surface area contributed by atoms with Crippen molar-refractivity contribution in [1.82, 2.24) is 0 Å². The highest BCUT2D eigenvalue weighted by Gasteiger charge is 1.44. The summed E-state index contributed by atoms with van der Waals surface area (Å²) >= 11 is 0. The summed E-state index contributed by atoms with van der Waals surface area (Å²) in [5.41, 5.74) is 0. The first kappa shape index (κ1) is 9.63. The van der Waals surface area contributed by atoms with Crippen molar-refractivity contribution in [1.29, 1.82) is 0 Å². The van der Waals surface area contributed by atoms with Crippen molar-refractivity contribution in [3.8, 4) is 0 Å². The van der Waals surface area contributed by atoms with Gasteiger partial charge in [0.05, 0.1) is 0 Å². The number of aliphatic hydroxyl groups excluding tert-OH is 1. The van der Waals surface area contributed by atoms with E-state index in [2.05, 4.69) is 0 Å². The van der Waals surface area contributed by atoms with E-state index in [0.717, 1.165) is 0 Å². The molecule has 2 N–H and O–H groups in total. The van der Waals surface area contributed by atoms with E-state index in [9.17, 15) is 0 Å². The Balaban J connectivity index is 0. The lowest BCUT2D eigenvalue weighted by Gasteiger charge is -1.43. The molecule has 0 aromatic heterocycles. The molecule has 0 fully saturated rings. The molecule has 43 valence electrons. The molecule has 0 aliphatic heterocycles. The van der Waals surface area contributed by atoms with Gasteiger partial charge in [0.15, 0.2) is 0 Å². The molecule has 0 rings (SSSR count). The molecule has 0 atom stereocenters. The van der Waals surface area contributed by atoms with Crippen LogP contribution in [0.4, 0.5) is 0 Å². The van der Waals surface area contributed by atoms with Gasteiger partial charge in [-0.15, -0.1) is 0 Å². The van der Waals surface area contributed by atoms with Gasteiger partial charge in [-0.25, -0.2) is 13.2 Å². The molecule has 5 nitrogen and oxygen atoms in total. The molecule has 0 bridgehead atoms. The van der Waals surface area contributed by atoms with Gasteiger partial charge in [-0.05, 0) is 0 Å². The van der Waals surface area contributed by atoms with Crippen molar-refractivity contribution in [3.63, 3.8) is 0 Å². The maximum Gasteiger partial charge on any atom is 0.414 e.